The van der Waals surface area contributed by atoms with Gasteiger partial charge in [0.25, 0.3) is 10.1 Å². The van der Waals surface area contributed by atoms with Gasteiger partial charge in [0.15, 0.2) is 0 Å². The van der Waals surface area contributed by atoms with Gasteiger partial charge in [0, 0.05) is 0 Å². The van der Waals surface area contributed by atoms with Crippen molar-refractivity contribution < 1.29 is 13.0 Å². The maximum atomic E-state index is 10.3. The van der Waals surface area contributed by atoms with Crippen LogP contribution in [0.5, 0.6) is 0 Å². The van der Waals surface area contributed by atoms with Gasteiger partial charge in [0.1, 0.15) is 0 Å². The van der Waals surface area contributed by atoms with E-state index in [1.807, 2.05) is 0 Å². The Morgan fingerprint density at radius 1 is 1.44 bits per heavy atom. The molecule has 0 heterocycles. The zero-order valence-electron chi connectivity index (χ0n) is 4.59. The Hall–Kier alpha value is 1.55. The predicted molar refractivity (Wildman–Crippen MR) is 36.3 cm³/mol. The molecule has 0 aliphatic heterocycles. The van der Waals surface area contributed by atoms with Crippen LogP contribution in [0.1, 0.15) is 19.8 Å². The van der Waals surface area contributed by atoms with E-state index < -0.39 is 14.9 Å². The van der Waals surface area contributed by atoms with E-state index in [1.54, 1.807) is 6.92 Å². The molecule has 0 amide bonds. The van der Waals surface area contributed by atoms with Crippen LogP contribution in [0.15, 0.2) is 0 Å². The molecular formula is C4H9KO3S. The van der Waals surface area contributed by atoms with Gasteiger partial charge in [0.2, 0.25) is 0 Å². The third kappa shape index (κ3) is 2.25. The summed E-state index contributed by atoms with van der Waals surface area (Å²) < 4.78 is 28.1. The van der Waals surface area contributed by atoms with Crippen molar-refractivity contribution >= 4 is 61.5 Å². The van der Waals surface area contributed by atoms with E-state index in [0.717, 1.165) is 0 Å². The molecule has 1 fully saturated rings. The molecule has 0 bridgehead atoms. The molecule has 0 aromatic heterocycles. The summed E-state index contributed by atoms with van der Waals surface area (Å²) in [6.45, 7) is 1.54. The summed E-state index contributed by atoms with van der Waals surface area (Å²) in [6, 6.07) is 0. The van der Waals surface area contributed by atoms with Crippen molar-refractivity contribution in [1.29, 1.82) is 0 Å². The van der Waals surface area contributed by atoms with E-state index >= 15 is 0 Å². The van der Waals surface area contributed by atoms with Crippen molar-refractivity contribution in [3.05, 3.63) is 0 Å². The fraction of sp³-hybridized carbons (Fsp3) is 1.00. The van der Waals surface area contributed by atoms with Crippen molar-refractivity contribution in [3.8, 4) is 0 Å². The third-order valence-electron chi connectivity index (χ3n) is 1.58. The van der Waals surface area contributed by atoms with Crippen molar-refractivity contribution in [2.45, 2.75) is 24.5 Å². The molecule has 5 heteroatoms. The van der Waals surface area contributed by atoms with Crippen LogP contribution in [0, 0.1) is 0 Å². The van der Waals surface area contributed by atoms with Gasteiger partial charge >= 0.3 is 51.4 Å². The van der Waals surface area contributed by atoms with Gasteiger partial charge in [-0.3, -0.25) is 4.55 Å². The van der Waals surface area contributed by atoms with E-state index in [9.17, 15) is 8.42 Å². The summed E-state index contributed by atoms with van der Waals surface area (Å²) in [5, 5.41) is 0. The molecule has 1 saturated carbocycles. The van der Waals surface area contributed by atoms with E-state index in [1.165, 1.54) is 0 Å². The van der Waals surface area contributed by atoms with Gasteiger partial charge < -0.3 is 0 Å². The Morgan fingerprint density at radius 3 is 1.78 bits per heavy atom. The molecule has 50 valence electrons. The number of hydrogen-bond acceptors (Lipinski definition) is 2. The van der Waals surface area contributed by atoms with E-state index in [0.29, 0.717) is 12.8 Å². The minimum atomic E-state index is -3.73. The van der Waals surface area contributed by atoms with Gasteiger partial charge in [-0.05, 0) is 19.8 Å². The van der Waals surface area contributed by atoms with Crippen molar-refractivity contribution in [2.75, 3.05) is 0 Å². The molecule has 0 spiro atoms. The summed E-state index contributed by atoms with van der Waals surface area (Å²) in [5.74, 6) is 0. The standard InChI is InChI=1S/C4H8O3S.K.H/c1-4(2-3-4)8(5,6)7;;/h2-3H2,1H3,(H,5,6,7);;. The van der Waals surface area contributed by atoms with Crippen LogP contribution < -0.4 is 0 Å². The van der Waals surface area contributed by atoms with E-state index in [4.69, 9.17) is 4.55 Å². The Labute approximate surface area is 97.4 Å². The SMILES string of the molecule is CC1(S(=O)(=O)O)CC1.[KH]. The molecular weight excluding hydrogens is 167 g/mol. The van der Waals surface area contributed by atoms with E-state index in [-0.39, 0.29) is 51.4 Å². The van der Waals surface area contributed by atoms with Gasteiger partial charge in [-0.2, -0.15) is 8.42 Å². The first kappa shape index (κ1) is 10.5. The van der Waals surface area contributed by atoms with Gasteiger partial charge in [0.05, 0.1) is 4.75 Å². The number of hydrogen-bond donors (Lipinski definition) is 1. The van der Waals surface area contributed by atoms with Crippen LogP contribution in [-0.4, -0.2) is 69.1 Å². The molecule has 3 nitrogen and oxygen atoms in total. The average Bonchev–Trinajstić information content (AvgIpc) is 2.16. The zero-order valence-corrected chi connectivity index (χ0v) is 5.40. The Balaban J connectivity index is 0.000000640. The fourth-order valence-electron chi connectivity index (χ4n) is 0.434. The normalized spacial score (nSPS) is 22.4. The second-order valence-corrected chi connectivity index (χ2v) is 4.36. The second-order valence-electron chi connectivity index (χ2n) is 2.42. The topological polar surface area (TPSA) is 54.4 Å². The molecule has 0 saturated heterocycles. The minimum absolute atomic E-state index is 0. The summed E-state index contributed by atoms with van der Waals surface area (Å²) >= 11 is 0. The predicted octanol–water partition coefficient (Wildman–Crippen LogP) is -0.222. The van der Waals surface area contributed by atoms with Gasteiger partial charge in [-0.15, -0.1) is 0 Å². The fourth-order valence-corrected chi connectivity index (χ4v) is 1.05. The summed E-state index contributed by atoms with van der Waals surface area (Å²) in [4.78, 5) is 0. The average molecular weight is 176 g/mol. The van der Waals surface area contributed by atoms with Crippen molar-refractivity contribution in [2.24, 2.45) is 0 Å². The van der Waals surface area contributed by atoms with Crippen molar-refractivity contribution in [1.82, 2.24) is 0 Å². The Bertz CT molecular complexity index is 192. The molecule has 9 heavy (non-hydrogen) atoms. The van der Waals surface area contributed by atoms with Gasteiger partial charge in [-0.25, -0.2) is 0 Å². The molecule has 1 aliphatic carbocycles. The van der Waals surface area contributed by atoms with E-state index in [2.05, 4.69) is 0 Å². The molecule has 0 aromatic rings. The summed E-state index contributed by atoms with van der Waals surface area (Å²) in [7, 11) is -3.73. The monoisotopic (exact) mass is 176 g/mol. The first-order valence-corrected chi connectivity index (χ1v) is 3.87. The molecule has 0 aromatic carbocycles. The Kier molecular flexibility index (Phi) is 3.38. The molecule has 0 radical (unpaired) electrons. The van der Waals surface area contributed by atoms with Crippen LogP contribution in [0.3, 0.4) is 0 Å². The first-order valence-electron chi connectivity index (χ1n) is 2.43. The molecule has 1 rings (SSSR count). The second kappa shape index (κ2) is 2.88. The van der Waals surface area contributed by atoms with Gasteiger partial charge in [-0.1, -0.05) is 0 Å². The summed E-state index contributed by atoms with van der Waals surface area (Å²) in [5.41, 5.74) is 0. The quantitative estimate of drug-likeness (QED) is 0.444. The van der Waals surface area contributed by atoms with Crippen LogP contribution >= 0.6 is 0 Å². The molecule has 1 N–H and O–H groups in total. The molecule has 1 aliphatic rings. The van der Waals surface area contributed by atoms with Crippen LogP contribution in [-0.2, 0) is 10.1 Å². The van der Waals surface area contributed by atoms with Crippen LogP contribution in [0.4, 0.5) is 0 Å². The first-order chi connectivity index (χ1) is 3.46. The maximum absolute atomic E-state index is 10.3. The Morgan fingerprint density at radius 2 is 1.78 bits per heavy atom. The zero-order chi connectivity index (χ0) is 6.41. The van der Waals surface area contributed by atoms with Crippen LogP contribution in [0.2, 0.25) is 0 Å². The third-order valence-corrected chi connectivity index (χ3v) is 3.23. The molecule has 0 unspecified atom stereocenters. The molecule has 0 atom stereocenters. The number of rotatable bonds is 1. The van der Waals surface area contributed by atoms with Crippen LogP contribution in [0.25, 0.3) is 0 Å². The summed E-state index contributed by atoms with van der Waals surface area (Å²) in [6.07, 6.45) is 1.21. The van der Waals surface area contributed by atoms with Crippen molar-refractivity contribution in [3.63, 3.8) is 0 Å².